The van der Waals surface area contributed by atoms with Gasteiger partial charge in [0.15, 0.2) is 17.5 Å². The molecule has 0 spiro atoms. The van der Waals surface area contributed by atoms with Crippen molar-refractivity contribution in [1.29, 1.82) is 0 Å². The summed E-state index contributed by atoms with van der Waals surface area (Å²) in [6.45, 7) is 0. The number of para-hydroxylation sites is 2. The molecule has 3 heterocycles. The largest absolute Gasteiger partial charge is 0.309 e. The minimum atomic E-state index is -0.712. The Balaban J connectivity index is 1.33. The van der Waals surface area contributed by atoms with Crippen molar-refractivity contribution in [3.8, 4) is 62.1 Å². The fourth-order valence-electron chi connectivity index (χ4n) is 6.86. The molecule has 0 fully saturated rings. The first-order valence-electron chi connectivity index (χ1n) is 26.7. The Morgan fingerprint density at radius 2 is 0.893 bits per heavy atom. The Kier molecular flexibility index (Phi) is 4.36. The molecule has 3 aromatic heterocycles. The van der Waals surface area contributed by atoms with Gasteiger partial charge in [0.25, 0.3) is 0 Å². The van der Waals surface area contributed by atoms with Crippen LogP contribution in [0.4, 0.5) is 0 Å². The normalized spacial score (nSPS) is 16.3. The predicted octanol–water partition coefficient (Wildman–Crippen LogP) is 13.7. The minimum absolute atomic E-state index is 0.0165. The third-order valence-corrected chi connectivity index (χ3v) is 10.6. The molecule has 0 bridgehead atoms. The quantitative estimate of drug-likeness (QED) is 0.170. The number of nitrogens with zero attached hydrogens (tertiary/aromatic N) is 4. The maximum absolute atomic E-state index is 9.53. The Bertz CT molecular complexity index is 4190. The van der Waals surface area contributed by atoms with E-state index in [0.29, 0.717) is 11.1 Å². The lowest BCUT2D eigenvalue weighted by Gasteiger charge is -2.16. The van der Waals surface area contributed by atoms with Gasteiger partial charge in [-0.3, -0.25) is 0 Å². The van der Waals surface area contributed by atoms with Crippen LogP contribution in [0.25, 0.3) is 104 Å². The molecule has 11 aromatic rings. The van der Waals surface area contributed by atoms with Crippen molar-refractivity contribution in [1.82, 2.24) is 19.5 Å². The number of hydrogen-bond donors (Lipinski definition) is 0. The number of hydrogen-bond acceptors (Lipinski definition) is 4. The van der Waals surface area contributed by atoms with E-state index in [1.165, 1.54) is 22.8 Å². The molecule has 11 rings (SSSR count). The van der Waals surface area contributed by atoms with Crippen LogP contribution in [0.2, 0.25) is 0 Å². The van der Waals surface area contributed by atoms with E-state index < -0.39 is 120 Å². The van der Waals surface area contributed by atoms with E-state index in [1.807, 2.05) is 0 Å². The second-order valence-electron chi connectivity index (χ2n) is 12.6. The van der Waals surface area contributed by atoms with Crippen LogP contribution in [0, 0.1) is 0 Å². The monoisotopic (exact) mass is 751 g/mol. The molecule has 56 heavy (non-hydrogen) atoms. The molecule has 0 N–H and O–H groups in total. The van der Waals surface area contributed by atoms with Gasteiger partial charge in [0.2, 0.25) is 0 Å². The van der Waals surface area contributed by atoms with Crippen molar-refractivity contribution in [3.05, 3.63) is 194 Å². The van der Waals surface area contributed by atoms with E-state index in [0.717, 1.165) is 11.3 Å². The summed E-state index contributed by atoms with van der Waals surface area (Å²) in [5.41, 5.74) is 0.215. The number of rotatable bonds is 6. The van der Waals surface area contributed by atoms with Crippen LogP contribution in [-0.2, 0) is 0 Å². The van der Waals surface area contributed by atoms with Gasteiger partial charge in [-0.15, -0.1) is 11.3 Å². The zero-order valence-corrected chi connectivity index (χ0v) is 29.5. The summed E-state index contributed by atoms with van der Waals surface area (Å²) in [5.74, 6) is 0.304. The van der Waals surface area contributed by atoms with Crippen LogP contribution < -0.4 is 0 Å². The second kappa shape index (κ2) is 13.3. The summed E-state index contributed by atoms with van der Waals surface area (Å²) in [7, 11) is 0. The van der Waals surface area contributed by atoms with Crippen LogP contribution in [0.5, 0.6) is 0 Å². The average Bonchev–Trinajstić information content (AvgIpc) is 3.99. The predicted molar refractivity (Wildman–Crippen MR) is 234 cm³/mol. The lowest BCUT2D eigenvalue weighted by Crippen LogP contribution is -2.04. The SMILES string of the molecule is [2H]c1c([2H])c([2H])c(-c2c([2H])c([2H])c([2H])c3c2sc2c(-c4ccc(-n5c6c([2H])c([2H])c([2H])c([2H])c6c6c([2H])c([2H])c([2H])c([2H])c65)c(-c5nc(-c6ccccc6)nc(-c6ccccc6)n5)c4)c([2H])c([2H])c([2H])c23)c([2H])c1[2H]. The Hall–Kier alpha value is -7.21. The van der Waals surface area contributed by atoms with E-state index in [1.54, 1.807) is 60.7 Å². The highest BCUT2D eigenvalue weighted by Crippen LogP contribution is 2.45. The summed E-state index contributed by atoms with van der Waals surface area (Å²) in [6.07, 6.45) is 0. The van der Waals surface area contributed by atoms with Gasteiger partial charge in [-0.2, -0.15) is 0 Å². The standard InChI is InChI=1S/C51H32N4S/c1-4-16-33(17-5-1)37-24-14-26-41-42-27-15-25-38(48(42)56-47(37)41)36-30-31-46(55-44-28-12-10-22-39(44)40-23-11-13-29-45(40)55)43(32-36)51-53-49(34-18-6-2-7-19-34)52-50(54-51)35-20-8-3-9-21-35/h1-32H/i1D,4D,5D,10D,11D,12D,13D,14D,15D,16D,17D,22D,23D,24D,25D,26D,27D,28D,29D. The van der Waals surface area contributed by atoms with Gasteiger partial charge >= 0.3 is 0 Å². The summed E-state index contributed by atoms with van der Waals surface area (Å²) >= 11 is 0.834. The molecule has 0 aliphatic rings. The molecule has 0 atom stereocenters. The zero-order valence-electron chi connectivity index (χ0n) is 47.7. The Morgan fingerprint density at radius 3 is 1.48 bits per heavy atom. The Labute approximate surface area is 354 Å². The third-order valence-electron chi connectivity index (χ3n) is 9.36. The van der Waals surface area contributed by atoms with Crippen molar-refractivity contribution < 1.29 is 26.0 Å². The second-order valence-corrected chi connectivity index (χ2v) is 13.6. The van der Waals surface area contributed by atoms with Crippen LogP contribution in [0.1, 0.15) is 26.0 Å². The molecule has 0 saturated carbocycles. The molecule has 5 heteroatoms. The molecule has 0 unspecified atom stereocenters. The summed E-state index contributed by atoms with van der Waals surface area (Å²) in [5, 5.41) is -0.605. The van der Waals surface area contributed by atoms with E-state index in [2.05, 4.69) is 0 Å². The first kappa shape index (κ1) is 18.4. The van der Waals surface area contributed by atoms with E-state index >= 15 is 0 Å². The summed E-state index contributed by atoms with van der Waals surface area (Å²) < 4.78 is 171. The zero-order chi connectivity index (χ0) is 53.5. The van der Waals surface area contributed by atoms with Gasteiger partial charge in [0, 0.05) is 47.6 Å². The fourth-order valence-corrected chi connectivity index (χ4v) is 8.10. The molecule has 8 aromatic carbocycles. The molecular formula is C51H32N4S. The minimum Gasteiger partial charge on any atom is -0.309 e. The maximum Gasteiger partial charge on any atom is 0.166 e. The topological polar surface area (TPSA) is 43.6 Å². The van der Waals surface area contributed by atoms with Gasteiger partial charge in [-0.25, -0.2) is 15.0 Å². The molecule has 0 aliphatic heterocycles. The Morgan fingerprint density at radius 1 is 0.393 bits per heavy atom. The van der Waals surface area contributed by atoms with Crippen molar-refractivity contribution in [2.45, 2.75) is 0 Å². The number of thiophene rings is 1. The highest BCUT2D eigenvalue weighted by molar-refractivity contribution is 7.26. The first-order chi connectivity index (χ1) is 35.7. The molecule has 0 saturated heterocycles. The van der Waals surface area contributed by atoms with Crippen LogP contribution in [-0.4, -0.2) is 19.5 Å². The van der Waals surface area contributed by atoms with Gasteiger partial charge in [-0.1, -0.05) is 169 Å². The smallest absolute Gasteiger partial charge is 0.166 e. The van der Waals surface area contributed by atoms with Gasteiger partial charge in [0.05, 0.1) is 42.8 Å². The maximum atomic E-state index is 9.53. The van der Waals surface area contributed by atoms with Gasteiger partial charge in [0.1, 0.15) is 0 Å². The number of fused-ring (bicyclic) bond motifs is 6. The lowest BCUT2D eigenvalue weighted by molar-refractivity contribution is 1.06. The lowest BCUT2D eigenvalue weighted by atomic mass is 9.98. The van der Waals surface area contributed by atoms with E-state index in [-0.39, 0.29) is 87.4 Å². The van der Waals surface area contributed by atoms with Gasteiger partial charge in [-0.05, 0) is 46.5 Å². The van der Waals surface area contributed by atoms with Crippen LogP contribution >= 0.6 is 11.3 Å². The van der Waals surface area contributed by atoms with E-state index in [4.69, 9.17) is 32.8 Å². The highest BCUT2D eigenvalue weighted by atomic mass is 32.1. The van der Waals surface area contributed by atoms with Crippen molar-refractivity contribution in [2.75, 3.05) is 0 Å². The number of aromatic nitrogens is 4. The van der Waals surface area contributed by atoms with Crippen molar-refractivity contribution >= 4 is 53.3 Å². The van der Waals surface area contributed by atoms with Crippen molar-refractivity contribution in [3.63, 3.8) is 0 Å². The summed E-state index contributed by atoms with van der Waals surface area (Å²) in [4.78, 5) is 14.8. The highest BCUT2D eigenvalue weighted by Gasteiger charge is 2.21. The average molecular weight is 752 g/mol. The first-order valence-corrected chi connectivity index (χ1v) is 18.0. The molecule has 262 valence electrons. The van der Waals surface area contributed by atoms with Crippen molar-refractivity contribution in [2.24, 2.45) is 0 Å². The summed E-state index contributed by atoms with van der Waals surface area (Å²) in [6, 6.07) is 10.5. The molecule has 0 aliphatic carbocycles. The van der Waals surface area contributed by atoms with Crippen LogP contribution in [0.15, 0.2) is 194 Å². The van der Waals surface area contributed by atoms with Crippen LogP contribution in [0.3, 0.4) is 0 Å². The molecule has 0 radical (unpaired) electrons. The molecular weight excluding hydrogens is 701 g/mol. The molecule has 4 nitrogen and oxygen atoms in total. The van der Waals surface area contributed by atoms with Gasteiger partial charge < -0.3 is 4.57 Å². The number of benzene rings is 8. The molecule has 0 amide bonds. The fraction of sp³-hybridized carbons (Fsp3) is 0. The third kappa shape index (κ3) is 5.32. The van der Waals surface area contributed by atoms with E-state index in [9.17, 15) is 8.22 Å².